The van der Waals surface area contributed by atoms with Gasteiger partial charge in [0.2, 0.25) is 0 Å². The van der Waals surface area contributed by atoms with Gasteiger partial charge in [-0.3, -0.25) is 4.99 Å². The Morgan fingerprint density at radius 3 is 2.56 bits per heavy atom. The van der Waals surface area contributed by atoms with Crippen LogP contribution in [0, 0.1) is 0 Å². The van der Waals surface area contributed by atoms with E-state index in [-0.39, 0.29) is 30.0 Å². The molecule has 0 aromatic heterocycles. The van der Waals surface area contributed by atoms with E-state index in [9.17, 15) is 0 Å². The van der Waals surface area contributed by atoms with Crippen molar-refractivity contribution in [3.8, 4) is 0 Å². The van der Waals surface area contributed by atoms with Crippen molar-refractivity contribution in [1.29, 1.82) is 0 Å². The van der Waals surface area contributed by atoms with E-state index in [2.05, 4.69) is 29.5 Å². The Morgan fingerprint density at radius 2 is 2.06 bits per heavy atom. The molecule has 0 heterocycles. The summed E-state index contributed by atoms with van der Waals surface area (Å²) in [6.07, 6.45) is 3.70. The Labute approximate surface area is 117 Å². The van der Waals surface area contributed by atoms with E-state index < -0.39 is 0 Å². The largest absolute Gasteiger partial charge is 0.383 e. The molecule has 0 aromatic carbocycles. The number of hydrogen-bond donors (Lipinski definition) is 2. The molecule has 0 bridgehead atoms. The molecule has 5 heteroatoms. The molecule has 1 atom stereocenters. The topological polar surface area (TPSA) is 45.7 Å². The van der Waals surface area contributed by atoms with Crippen molar-refractivity contribution in [2.45, 2.75) is 39.2 Å². The van der Waals surface area contributed by atoms with Crippen molar-refractivity contribution >= 4 is 29.9 Å². The summed E-state index contributed by atoms with van der Waals surface area (Å²) >= 11 is 0. The van der Waals surface area contributed by atoms with E-state index in [1.165, 1.54) is 19.3 Å². The van der Waals surface area contributed by atoms with Crippen LogP contribution in [0.2, 0.25) is 0 Å². The summed E-state index contributed by atoms with van der Waals surface area (Å²) in [5, 5.41) is 6.54. The summed E-state index contributed by atoms with van der Waals surface area (Å²) in [6, 6.07) is 0.285. The van der Waals surface area contributed by atoms with Gasteiger partial charge in [-0.05, 0) is 13.3 Å². The minimum Gasteiger partial charge on any atom is -0.383 e. The third-order valence-corrected chi connectivity index (χ3v) is 2.10. The highest BCUT2D eigenvalue weighted by Crippen LogP contribution is 1.91. The van der Waals surface area contributed by atoms with Crippen LogP contribution in [0.3, 0.4) is 0 Å². The molecule has 16 heavy (non-hydrogen) atoms. The minimum absolute atomic E-state index is 0. The molecule has 4 nitrogen and oxygen atoms in total. The molecule has 0 amide bonds. The molecular weight excluding hydrogens is 317 g/mol. The maximum absolute atomic E-state index is 5.05. The van der Waals surface area contributed by atoms with E-state index in [1.807, 2.05) is 0 Å². The minimum atomic E-state index is 0. The smallest absolute Gasteiger partial charge is 0.191 e. The maximum Gasteiger partial charge on any atom is 0.191 e. The third kappa shape index (κ3) is 10.5. The van der Waals surface area contributed by atoms with Crippen LogP contribution in [0.15, 0.2) is 4.99 Å². The molecule has 0 aromatic rings. The molecule has 0 fully saturated rings. The fraction of sp³-hybridized carbons (Fsp3) is 0.909. The summed E-state index contributed by atoms with van der Waals surface area (Å²) in [6.45, 7) is 5.94. The van der Waals surface area contributed by atoms with Gasteiger partial charge < -0.3 is 15.4 Å². The Kier molecular flexibility index (Phi) is 14.9. The van der Waals surface area contributed by atoms with Gasteiger partial charge in [0.25, 0.3) is 0 Å². The first-order valence-corrected chi connectivity index (χ1v) is 5.70. The maximum atomic E-state index is 5.05. The van der Waals surface area contributed by atoms with E-state index in [4.69, 9.17) is 4.74 Å². The first-order chi connectivity index (χ1) is 7.24. The van der Waals surface area contributed by atoms with Crippen LogP contribution in [0.25, 0.3) is 0 Å². The van der Waals surface area contributed by atoms with Gasteiger partial charge in [0.15, 0.2) is 5.96 Å². The van der Waals surface area contributed by atoms with E-state index in [0.29, 0.717) is 6.61 Å². The van der Waals surface area contributed by atoms with Gasteiger partial charge in [0.05, 0.1) is 6.61 Å². The Balaban J connectivity index is 0. The Morgan fingerprint density at radius 1 is 1.38 bits per heavy atom. The van der Waals surface area contributed by atoms with Gasteiger partial charge in [0, 0.05) is 26.7 Å². The van der Waals surface area contributed by atoms with Crippen LogP contribution >= 0.6 is 24.0 Å². The zero-order valence-corrected chi connectivity index (χ0v) is 13.2. The summed E-state index contributed by atoms with van der Waals surface area (Å²) in [7, 11) is 3.49. The van der Waals surface area contributed by atoms with Crippen LogP contribution in [0.4, 0.5) is 0 Å². The van der Waals surface area contributed by atoms with Crippen molar-refractivity contribution in [3.63, 3.8) is 0 Å². The lowest BCUT2D eigenvalue weighted by Gasteiger charge is -2.16. The first-order valence-electron chi connectivity index (χ1n) is 5.70. The van der Waals surface area contributed by atoms with Crippen LogP contribution in [0.1, 0.15) is 33.1 Å². The number of guanidine groups is 1. The zero-order valence-electron chi connectivity index (χ0n) is 10.9. The van der Waals surface area contributed by atoms with Crippen molar-refractivity contribution in [1.82, 2.24) is 10.6 Å². The predicted octanol–water partition coefficient (Wildman–Crippen LogP) is 1.99. The Bertz CT molecular complexity index is 177. The van der Waals surface area contributed by atoms with Gasteiger partial charge in [0.1, 0.15) is 0 Å². The normalized spacial score (nSPS) is 12.9. The average Bonchev–Trinajstić information content (AvgIpc) is 2.23. The van der Waals surface area contributed by atoms with Gasteiger partial charge in [-0.2, -0.15) is 0 Å². The van der Waals surface area contributed by atoms with Gasteiger partial charge in [-0.15, -0.1) is 24.0 Å². The molecule has 0 aliphatic rings. The highest BCUT2D eigenvalue weighted by Gasteiger charge is 2.03. The molecule has 0 saturated heterocycles. The molecule has 0 spiro atoms. The molecule has 0 radical (unpaired) electrons. The number of nitrogens with one attached hydrogen (secondary N) is 2. The van der Waals surface area contributed by atoms with E-state index >= 15 is 0 Å². The second kappa shape index (κ2) is 13.0. The Hall–Kier alpha value is -0.0400. The standard InChI is InChI=1S/C11H25N3O.HI/c1-5-6-7-8-13-11(12-3)14-10(2)9-15-4;/h10H,5-9H2,1-4H3,(H2,12,13,14);1H. The third-order valence-electron chi connectivity index (χ3n) is 2.10. The van der Waals surface area contributed by atoms with Crippen LogP contribution in [0.5, 0.6) is 0 Å². The summed E-state index contributed by atoms with van der Waals surface area (Å²) in [5.41, 5.74) is 0. The van der Waals surface area contributed by atoms with E-state index in [1.54, 1.807) is 14.2 Å². The van der Waals surface area contributed by atoms with Crippen molar-refractivity contribution in [3.05, 3.63) is 0 Å². The second-order valence-corrected chi connectivity index (χ2v) is 3.71. The van der Waals surface area contributed by atoms with E-state index in [0.717, 1.165) is 12.5 Å². The molecule has 2 N–H and O–H groups in total. The summed E-state index contributed by atoms with van der Waals surface area (Å²) in [4.78, 5) is 4.15. The molecule has 0 aliphatic carbocycles. The average molecular weight is 343 g/mol. The number of ether oxygens (including phenoxy) is 1. The van der Waals surface area contributed by atoms with Crippen molar-refractivity contribution < 1.29 is 4.74 Å². The number of hydrogen-bond acceptors (Lipinski definition) is 2. The van der Waals surface area contributed by atoms with Crippen LogP contribution in [-0.4, -0.2) is 39.3 Å². The molecular formula is C11H26IN3O. The van der Waals surface area contributed by atoms with Crippen LogP contribution < -0.4 is 10.6 Å². The summed E-state index contributed by atoms with van der Waals surface area (Å²) in [5.74, 6) is 0.857. The number of rotatable bonds is 7. The van der Waals surface area contributed by atoms with Gasteiger partial charge >= 0.3 is 0 Å². The molecule has 0 aliphatic heterocycles. The predicted molar refractivity (Wildman–Crippen MR) is 80.8 cm³/mol. The number of unbranched alkanes of at least 4 members (excludes halogenated alkanes) is 2. The fourth-order valence-electron chi connectivity index (χ4n) is 1.30. The number of halogens is 1. The molecule has 1 unspecified atom stereocenters. The SMILES string of the molecule is CCCCCNC(=NC)NC(C)COC.I. The lowest BCUT2D eigenvalue weighted by molar-refractivity contribution is 0.179. The lowest BCUT2D eigenvalue weighted by Crippen LogP contribution is -2.44. The highest BCUT2D eigenvalue weighted by molar-refractivity contribution is 14.0. The van der Waals surface area contributed by atoms with Crippen molar-refractivity contribution in [2.24, 2.45) is 4.99 Å². The van der Waals surface area contributed by atoms with Crippen LogP contribution in [-0.2, 0) is 4.74 Å². The first kappa shape index (κ1) is 18.3. The number of aliphatic imine (C=N–C) groups is 1. The van der Waals surface area contributed by atoms with Gasteiger partial charge in [-0.25, -0.2) is 0 Å². The zero-order chi connectivity index (χ0) is 11.5. The second-order valence-electron chi connectivity index (χ2n) is 3.71. The molecule has 98 valence electrons. The van der Waals surface area contributed by atoms with Gasteiger partial charge in [-0.1, -0.05) is 19.8 Å². The lowest BCUT2D eigenvalue weighted by atomic mass is 10.2. The number of methoxy groups -OCH3 is 1. The fourth-order valence-corrected chi connectivity index (χ4v) is 1.30. The van der Waals surface area contributed by atoms with Crippen molar-refractivity contribution in [2.75, 3.05) is 27.3 Å². The molecule has 0 saturated carbocycles. The molecule has 0 rings (SSSR count). The highest BCUT2D eigenvalue weighted by atomic mass is 127. The quantitative estimate of drug-likeness (QED) is 0.322. The monoisotopic (exact) mass is 343 g/mol. The summed E-state index contributed by atoms with van der Waals surface area (Å²) < 4.78 is 5.05. The number of nitrogens with zero attached hydrogens (tertiary/aromatic N) is 1.